The molecule has 2 heteroatoms. The number of nitrogens with zero attached hydrogens (tertiary/aromatic N) is 1. The summed E-state index contributed by atoms with van der Waals surface area (Å²) in [6.07, 6.45) is 3.84. The molecule has 2 nitrogen and oxygen atoms in total. The van der Waals surface area contributed by atoms with Crippen LogP contribution in [0.15, 0.2) is 0 Å². The van der Waals surface area contributed by atoms with Crippen molar-refractivity contribution < 1.29 is 4.74 Å². The number of hydrogen-bond donors (Lipinski definition) is 0. The van der Waals surface area contributed by atoms with Crippen molar-refractivity contribution in [3.05, 3.63) is 0 Å². The number of unbranched alkanes of at least 4 members (excludes halogenated alkanes) is 1. The second kappa shape index (κ2) is 9.01. The molecule has 0 aliphatic carbocycles. The highest BCUT2D eigenvalue weighted by Gasteiger charge is 2.01. The molecule has 0 fully saturated rings. The summed E-state index contributed by atoms with van der Waals surface area (Å²) < 4.78 is 5.06. The molecular formula is C10H23NO. The first-order valence-electron chi connectivity index (χ1n) is 5.06. The molecule has 0 aromatic carbocycles. The molecule has 74 valence electrons. The summed E-state index contributed by atoms with van der Waals surface area (Å²) in [6, 6.07) is 0. The van der Waals surface area contributed by atoms with Crippen molar-refractivity contribution in [2.24, 2.45) is 0 Å². The predicted octanol–water partition coefficient (Wildman–Crippen LogP) is 2.14. The van der Waals surface area contributed by atoms with Gasteiger partial charge >= 0.3 is 0 Å². The van der Waals surface area contributed by atoms with Gasteiger partial charge in [0.15, 0.2) is 0 Å². The first kappa shape index (κ1) is 11.9. The Balaban J connectivity index is 3.40. The third-order valence-electron chi connectivity index (χ3n) is 1.98. The molecule has 0 atom stereocenters. The van der Waals surface area contributed by atoms with Gasteiger partial charge in [-0.15, -0.1) is 0 Å². The van der Waals surface area contributed by atoms with E-state index in [9.17, 15) is 0 Å². The van der Waals surface area contributed by atoms with Gasteiger partial charge < -0.3 is 9.64 Å². The summed E-state index contributed by atoms with van der Waals surface area (Å²) in [5, 5.41) is 0. The Morgan fingerprint density at radius 1 is 1.00 bits per heavy atom. The molecule has 0 saturated carbocycles. The molecule has 0 aliphatic heterocycles. The molecule has 12 heavy (non-hydrogen) atoms. The van der Waals surface area contributed by atoms with Gasteiger partial charge in [0.25, 0.3) is 0 Å². The highest BCUT2D eigenvalue weighted by molar-refractivity contribution is 4.55. The molecule has 0 heterocycles. The van der Waals surface area contributed by atoms with Crippen LogP contribution >= 0.6 is 0 Å². The Bertz CT molecular complexity index is 77.9. The van der Waals surface area contributed by atoms with E-state index in [2.05, 4.69) is 18.7 Å². The fourth-order valence-corrected chi connectivity index (χ4v) is 1.25. The Labute approximate surface area is 76.9 Å². The summed E-state index contributed by atoms with van der Waals surface area (Å²) in [5.74, 6) is 0. The third kappa shape index (κ3) is 6.62. The first-order valence-corrected chi connectivity index (χ1v) is 5.06. The van der Waals surface area contributed by atoms with Gasteiger partial charge in [0.1, 0.15) is 0 Å². The second-order valence-corrected chi connectivity index (χ2v) is 3.19. The molecule has 0 amide bonds. The van der Waals surface area contributed by atoms with Crippen LogP contribution in [0.2, 0.25) is 0 Å². The molecular weight excluding hydrogens is 150 g/mol. The minimum atomic E-state index is 0.865. The molecule has 0 N–H and O–H groups in total. The van der Waals surface area contributed by atoms with Gasteiger partial charge in [0.05, 0.1) is 6.61 Å². The fraction of sp³-hybridized carbons (Fsp3) is 1.00. The number of hydrogen-bond acceptors (Lipinski definition) is 2. The maximum Gasteiger partial charge on any atom is 0.0589 e. The molecule has 0 aromatic heterocycles. The van der Waals surface area contributed by atoms with Crippen LogP contribution in [0.3, 0.4) is 0 Å². The average Bonchev–Trinajstić information content (AvgIpc) is 2.10. The lowest BCUT2D eigenvalue weighted by Crippen LogP contribution is -2.29. The van der Waals surface area contributed by atoms with Gasteiger partial charge in [-0.05, 0) is 25.9 Å². The van der Waals surface area contributed by atoms with Crippen LogP contribution in [0.1, 0.15) is 33.1 Å². The van der Waals surface area contributed by atoms with Crippen molar-refractivity contribution >= 4 is 0 Å². The van der Waals surface area contributed by atoms with Crippen molar-refractivity contribution in [1.82, 2.24) is 4.90 Å². The van der Waals surface area contributed by atoms with Crippen LogP contribution in [-0.2, 0) is 4.74 Å². The van der Waals surface area contributed by atoms with E-state index >= 15 is 0 Å². The normalized spacial score (nSPS) is 11.0. The smallest absolute Gasteiger partial charge is 0.0589 e. The minimum Gasteiger partial charge on any atom is -0.383 e. The SMILES string of the molecule is CCCCN(CCC)CCOC. The van der Waals surface area contributed by atoms with Crippen molar-refractivity contribution in [3.63, 3.8) is 0 Å². The maximum absolute atomic E-state index is 5.06. The lowest BCUT2D eigenvalue weighted by atomic mass is 10.3. The van der Waals surface area contributed by atoms with Gasteiger partial charge in [-0.1, -0.05) is 20.3 Å². The zero-order chi connectivity index (χ0) is 9.23. The Kier molecular flexibility index (Phi) is 8.95. The van der Waals surface area contributed by atoms with E-state index in [0.717, 1.165) is 13.2 Å². The molecule has 0 radical (unpaired) electrons. The van der Waals surface area contributed by atoms with Crippen LogP contribution in [0, 0.1) is 0 Å². The lowest BCUT2D eigenvalue weighted by Gasteiger charge is -2.20. The third-order valence-corrected chi connectivity index (χ3v) is 1.98. The Hall–Kier alpha value is -0.0800. The Morgan fingerprint density at radius 3 is 2.25 bits per heavy atom. The maximum atomic E-state index is 5.06. The summed E-state index contributed by atoms with van der Waals surface area (Å²) in [4.78, 5) is 2.48. The van der Waals surface area contributed by atoms with Crippen molar-refractivity contribution in [3.8, 4) is 0 Å². The summed E-state index contributed by atoms with van der Waals surface area (Å²) >= 11 is 0. The molecule has 0 aromatic rings. The molecule has 0 rings (SSSR count). The van der Waals surface area contributed by atoms with Crippen LogP contribution < -0.4 is 0 Å². The fourth-order valence-electron chi connectivity index (χ4n) is 1.25. The zero-order valence-electron chi connectivity index (χ0n) is 8.81. The number of ether oxygens (including phenoxy) is 1. The van der Waals surface area contributed by atoms with E-state index in [1.54, 1.807) is 7.11 Å². The molecule has 0 spiro atoms. The van der Waals surface area contributed by atoms with Crippen molar-refractivity contribution in [2.45, 2.75) is 33.1 Å². The van der Waals surface area contributed by atoms with Gasteiger partial charge in [0, 0.05) is 13.7 Å². The van der Waals surface area contributed by atoms with Crippen LogP contribution in [0.5, 0.6) is 0 Å². The van der Waals surface area contributed by atoms with Gasteiger partial charge in [-0.2, -0.15) is 0 Å². The van der Waals surface area contributed by atoms with Gasteiger partial charge in [0.2, 0.25) is 0 Å². The monoisotopic (exact) mass is 173 g/mol. The van der Waals surface area contributed by atoms with Gasteiger partial charge in [-0.3, -0.25) is 0 Å². The summed E-state index contributed by atoms with van der Waals surface area (Å²) in [7, 11) is 1.77. The number of methoxy groups -OCH3 is 1. The topological polar surface area (TPSA) is 12.5 Å². The molecule has 0 saturated heterocycles. The Morgan fingerprint density at radius 2 is 1.75 bits per heavy atom. The van der Waals surface area contributed by atoms with Crippen LogP contribution in [0.25, 0.3) is 0 Å². The van der Waals surface area contributed by atoms with E-state index in [4.69, 9.17) is 4.74 Å². The second-order valence-electron chi connectivity index (χ2n) is 3.19. The molecule has 0 unspecified atom stereocenters. The van der Waals surface area contributed by atoms with Crippen molar-refractivity contribution in [2.75, 3.05) is 33.4 Å². The standard InChI is InChI=1S/C10H23NO/c1-4-6-8-11(7-5-2)9-10-12-3/h4-10H2,1-3H3. The quantitative estimate of drug-likeness (QED) is 0.557. The van der Waals surface area contributed by atoms with E-state index < -0.39 is 0 Å². The largest absolute Gasteiger partial charge is 0.383 e. The average molecular weight is 173 g/mol. The molecule has 0 bridgehead atoms. The number of rotatable bonds is 8. The summed E-state index contributed by atoms with van der Waals surface area (Å²) in [6.45, 7) is 8.86. The van der Waals surface area contributed by atoms with Crippen molar-refractivity contribution in [1.29, 1.82) is 0 Å². The zero-order valence-corrected chi connectivity index (χ0v) is 8.81. The van der Waals surface area contributed by atoms with E-state index in [-0.39, 0.29) is 0 Å². The predicted molar refractivity (Wildman–Crippen MR) is 53.5 cm³/mol. The van der Waals surface area contributed by atoms with E-state index in [1.807, 2.05) is 0 Å². The highest BCUT2D eigenvalue weighted by Crippen LogP contribution is 1.96. The van der Waals surface area contributed by atoms with Gasteiger partial charge in [-0.25, -0.2) is 0 Å². The van der Waals surface area contributed by atoms with Crippen LogP contribution in [0.4, 0.5) is 0 Å². The van der Waals surface area contributed by atoms with E-state index in [1.165, 1.54) is 32.4 Å². The lowest BCUT2D eigenvalue weighted by molar-refractivity contribution is 0.146. The minimum absolute atomic E-state index is 0.865. The highest BCUT2D eigenvalue weighted by atomic mass is 16.5. The first-order chi connectivity index (χ1) is 5.85. The summed E-state index contributed by atoms with van der Waals surface area (Å²) in [5.41, 5.74) is 0. The van der Waals surface area contributed by atoms with Crippen LogP contribution in [-0.4, -0.2) is 38.3 Å². The van der Waals surface area contributed by atoms with E-state index in [0.29, 0.717) is 0 Å². The molecule has 0 aliphatic rings.